The van der Waals surface area contributed by atoms with E-state index in [2.05, 4.69) is 22.5 Å². The summed E-state index contributed by atoms with van der Waals surface area (Å²) in [5.74, 6) is 9.14. The normalized spacial score (nSPS) is 9.62. The van der Waals surface area contributed by atoms with E-state index in [1.807, 2.05) is 30.8 Å². The molecule has 8 heteroatoms. The standard InChI is InChI=1S/C7H12N2O.CH6N4O/c1-6(2)9-4-3-7(5-10)8-9;2-1(6)5(3)4/h3-4,6,10H,5H2,1-2H3;3-4H2,(H2,2,6). The topological polar surface area (TPSA) is 136 Å². The molecule has 0 saturated carbocycles. The number of carbonyl (C=O) groups is 1. The summed E-state index contributed by atoms with van der Waals surface area (Å²) < 4.78 is 1.82. The molecule has 1 aromatic heterocycles. The highest BCUT2D eigenvalue weighted by Crippen LogP contribution is 2.03. The second-order valence-electron chi connectivity index (χ2n) is 3.28. The van der Waals surface area contributed by atoms with Crippen LogP contribution in [-0.2, 0) is 6.61 Å². The van der Waals surface area contributed by atoms with Crippen LogP contribution in [0.25, 0.3) is 0 Å². The fourth-order valence-electron chi connectivity index (χ4n) is 0.749. The molecule has 2 amide bonds. The fourth-order valence-corrected chi connectivity index (χ4v) is 0.749. The highest BCUT2D eigenvalue weighted by atomic mass is 16.3. The molecule has 0 bridgehead atoms. The molecular formula is C8H18N6O2. The number of hydrogen-bond acceptors (Lipinski definition) is 5. The van der Waals surface area contributed by atoms with Crippen LogP contribution in [0.3, 0.4) is 0 Å². The zero-order valence-electron chi connectivity index (χ0n) is 9.37. The molecule has 1 rings (SSSR count). The zero-order chi connectivity index (χ0) is 12.7. The minimum atomic E-state index is -0.852. The number of nitrogens with two attached hydrogens (primary N) is 3. The van der Waals surface area contributed by atoms with E-state index in [0.29, 0.717) is 11.2 Å². The summed E-state index contributed by atoms with van der Waals surface area (Å²) in [4.78, 5) is 9.60. The highest BCUT2D eigenvalue weighted by Gasteiger charge is 1.98. The van der Waals surface area contributed by atoms with Crippen molar-refractivity contribution in [1.82, 2.24) is 14.9 Å². The van der Waals surface area contributed by atoms with Gasteiger partial charge in [-0.3, -0.25) is 4.68 Å². The number of aliphatic hydroxyl groups is 1. The van der Waals surface area contributed by atoms with Gasteiger partial charge < -0.3 is 10.8 Å². The predicted molar refractivity (Wildman–Crippen MR) is 58.3 cm³/mol. The second kappa shape index (κ2) is 6.77. The second-order valence-corrected chi connectivity index (χ2v) is 3.28. The Kier molecular flexibility index (Phi) is 6.08. The number of amides is 2. The van der Waals surface area contributed by atoms with Crippen molar-refractivity contribution in [3.63, 3.8) is 0 Å². The molecule has 7 N–H and O–H groups in total. The Morgan fingerprint density at radius 1 is 1.62 bits per heavy atom. The van der Waals surface area contributed by atoms with E-state index in [4.69, 9.17) is 5.11 Å². The Bertz CT molecular complexity index is 322. The van der Waals surface area contributed by atoms with E-state index in [9.17, 15) is 4.79 Å². The summed E-state index contributed by atoms with van der Waals surface area (Å²) in [5.41, 5.74) is 5.20. The molecule has 1 heterocycles. The molecule has 0 saturated heterocycles. The van der Waals surface area contributed by atoms with Crippen molar-refractivity contribution in [3.8, 4) is 0 Å². The van der Waals surface area contributed by atoms with Crippen molar-refractivity contribution >= 4 is 6.03 Å². The largest absolute Gasteiger partial charge is 0.390 e. The van der Waals surface area contributed by atoms with Crippen LogP contribution in [0.2, 0.25) is 0 Å². The van der Waals surface area contributed by atoms with Crippen LogP contribution < -0.4 is 17.4 Å². The summed E-state index contributed by atoms with van der Waals surface area (Å²) in [6.07, 6.45) is 1.87. The van der Waals surface area contributed by atoms with Gasteiger partial charge in [0.05, 0.1) is 12.3 Å². The molecular weight excluding hydrogens is 212 g/mol. The van der Waals surface area contributed by atoms with Gasteiger partial charge in [-0.25, -0.2) is 16.5 Å². The van der Waals surface area contributed by atoms with E-state index in [1.165, 1.54) is 0 Å². The average molecular weight is 230 g/mol. The number of hydrogen-bond donors (Lipinski definition) is 4. The lowest BCUT2D eigenvalue weighted by molar-refractivity contribution is 0.210. The summed E-state index contributed by atoms with van der Waals surface area (Å²) >= 11 is 0. The van der Waals surface area contributed by atoms with Gasteiger partial charge in [-0.1, -0.05) is 0 Å². The molecule has 0 aliphatic heterocycles. The van der Waals surface area contributed by atoms with E-state index >= 15 is 0 Å². The fraction of sp³-hybridized carbons (Fsp3) is 0.500. The third-order valence-corrected chi connectivity index (χ3v) is 1.61. The van der Waals surface area contributed by atoms with E-state index in [1.54, 1.807) is 0 Å². The Labute approximate surface area is 93.5 Å². The van der Waals surface area contributed by atoms with Crippen LogP contribution in [0.5, 0.6) is 0 Å². The lowest BCUT2D eigenvalue weighted by Gasteiger charge is -2.02. The first-order chi connectivity index (χ1) is 7.38. The molecule has 0 aliphatic rings. The minimum Gasteiger partial charge on any atom is -0.390 e. The first-order valence-corrected chi connectivity index (χ1v) is 4.62. The van der Waals surface area contributed by atoms with Gasteiger partial charge in [0, 0.05) is 12.2 Å². The lowest BCUT2D eigenvalue weighted by Crippen LogP contribution is -2.46. The Hall–Kier alpha value is -1.64. The minimum absolute atomic E-state index is 0.0275. The van der Waals surface area contributed by atoms with Gasteiger partial charge >= 0.3 is 6.03 Å². The summed E-state index contributed by atoms with van der Waals surface area (Å²) in [5, 5.41) is 13.1. The molecule has 1 aromatic rings. The van der Waals surface area contributed by atoms with E-state index in [-0.39, 0.29) is 6.61 Å². The third kappa shape index (κ3) is 5.29. The number of hydrazine groups is 2. The zero-order valence-corrected chi connectivity index (χ0v) is 9.37. The summed E-state index contributed by atoms with van der Waals surface area (Å²) in [6, 6.07) is 1.34. The highest BCUT2D eigenvalue weighted by molar-refractivity contribution is 5.70. The van der Waals surface area contributed by atoms with Crippen LogP contribution in [0.15, 0.2) is 12.3 Å². The van der Waals surface area contributed by atoms with Gasteiger partial charge in [0.25, 0.3) is 0 Å². The van der Waals surface area contributed by atoms with Crippen molar-refractivity contribution in [2.24, 2.45) is 17.4 Å². The molecule has 92 valence electrons. The molecule has 0 unspecified atom stereocenters. The van der Waals surface area contributed by atoms with Gasteiger partial charge in [-0.05, 0) is 19.9 Å². The summed E-state index contributed by atoms with van der Waals surface area (Å²) in [6.45, 7) is 4.13. The SMILES string of the molecule is CC(C)n1ccc(CO)n1.NC(=O)N(N)N. The number of primary amides is 1. The average Bonchev–Trinajstić information content (AvgIpc) is 2.66. The molecule has 0 aromatic carbocycles. The molecule has 0 radical (unpaired) electrons. The molecule has 16 heavy (non-hydrogen) atoms. The number of aromatic nitrogens is 2. The molecule has 8 nitrogen and oxygen atoms in total. The summed E-state index contributed by atoms with van der Waals surface area (Å²) in [7, 11) is 0. The Morgan fingerprint density at radius 3 is 2.31 bits per heavy atom. The molecule has 0 atom stereocenters. The first-order valence-electron chi connectivity index (χ1n) is 4.62. The van der Waals surface area contributed by atoms with Gasteiger partial charge in [0.2, 0.25) is 0 Å². The maximum atomic E-state index is 9.60. The number of nitrogens with zero attached hydrogens (tertiary/aromatic N) is 3. The maximum absolute atomic E-state index is 9.60. The van der Waals surface area contributed by atoms with Gasteiger partial charge in [0.1, 0.15) is 0 Å². The molecule has 0 spiro atoms. The van der Waals surface area contributed by atoms with Crippen molar-refractivity contribution < 1.29 is 9.90 Å². The molecule has 0 aliphatic carbocycles. The van der Waals surface area contributed by atoms with Crippen molar-refractivity contribution in [3.05, 3.63) is 18.0 Å². The number of aliphatic hydroxyl groups excluding tert-OH is 1. The van der Waals surface area contributed by atoms with E-state index < -0.39 is 6.03 Å². The Balaban J connectivity index is 0.000000325. The smallest absolute Gasteiger partial charge is 0.343 e. The first kappa shape index (κ1) is 14.4. The number of urea groups is 1. The lowest BCUT2D eigenvalue weighted by atomic mass is 10.4. The third-order valence-electron chi connectivity index (χ3n) is 1.61. The maximum Gasteiger partial charge on any atom is 0.343 e. The van der Waals surface area contributed by atoms with Gasteiger partial charge in [-0.15, -0.1) is 0 Å². The van der Waals surface area contributed by atoms with Crippen molar-refractivity contribution in [1.29, 1.82) is 0 Å². The number of carbonyl (C=O) groups excluding carboxylic acids is 1. The Morgan fingerprint density at radius 2 is 2.12 bits per heavy atom. The van der Waals surface area contributed by atoms with Crippen LogP contribution in [0.1, 0.15) is 25.6 Å². The van der Waals surface area contributed by atoms with Crippen LogP contribution in [-0.4, -0.2) is 26.0 Å². The predicted octanol–water partition coefficient (Wildman–Crippen LogP) is -0.929. The van der Waals surface area contributed by atoms with Crippen LogP contribution in [0, 0.1) is 0 Å². The van der Waals surface area contributed by atoms with Crippen molar-refractivity contribution in [2.75, 3.05) is 0 Å². The quantitative estimate of drug-likeness (QED) is 0.295. The van der Waals surface area contributed by atoms with Crippen molar-refractivity contribution in [2.45, 2.75) is 26.5 Å². The van der Waals surface area contributed by atoms with Gasteiger partial charge in [0.15, 0.2) is 0 Å². The number of rotatable bonds is 2. The van der Waals surface area contributed by atoms with Crippen LogP contribution >= 0.6 is 0 Å². The van der Waals surface area contributed by atoms with E-state index in [0.717, 1.165) is 5.69 Å². The van der Waals surface area contributed by atoms with Crippen LogP contribution in [0.4, 0.5) is 4.79 Å². The monoisotopic (exact) mass is 230 g/mol. The molecule has 0 fully saturated rings. The van der Waals surface area contributed by atoms with Gasteiger partial charge in [-0.2, -0.15) is 10.2 Å².